The van der Waals surface area contributed by atoms with Crippen LogP contribution in [0.2, 0.25) is 0 Å². The van der Waals surface area contributed by atoms with Crippen molar-refractivity contribution in [3.05, 3.63) is 36.5 Å². The first-order valence-electron chi connectivity index (χ1n) is 30.8. The van der Waals surface area contributed by atoms with E-state index < -0.39 is 12.1 Å². The lowest BCUT2D eigenvalue weighted by atomic mass is 10.0. The van der Waals surface area contributed by atoms with Gasteiger partial charge >= 0.3 is 5.97 Å². The van der Waals surface area contributed by atoms with Crippen LogP contribution in [0.1, 0.15) is 328 Å². The van der Waals surface area contributed by atoms with Crippen molar-refractivity contribution in [2.45, 2.75) is 341 Å². The van der Waals surface area contributed by atoms with Gasteiger partial charge in [0.2, 0.25) is 5.91 Å². The molecule has 0 aromatic carbocycles. The fraction of sp³-hybridized carbons (Fsp3) is 0.873. The molecule has 1 amide bonds. The van der Waals surface area contributed by atoms with Crippen LogP contribution in [0.25, 0.3) is 0 Å². The van der Waals surface area contributed by atoms with E-state index in [2.05, 4.69) is 43.5 Å². The molecular weight excluding hydrogens is 851 g/mol. The third kappa shape index (κ3) is 55.2. The average molecular weight is 971 g/mol. The highest BCUT2D eigenvalue weighted by Gasteiger charge is 2.18. The number of hydrogen-bond acceptors (Lipinski definition) is 5. The van der Waals surface area contributed by atoms with Gasteiger partial charge in [0.05, 0.1) is 25.4 Å². The number of esters is 1. The predicted molar refractivity (Wildman–Crippen MR) is 301 cm³/mol. The van der Waals surface area contributed by atoms with E-state index in [-0.39, 0.29) is 18.5 Å². The molecule has 6 heteroatoms. The minimum absolute atomic E-state index is 0.0117. The SMILES string of the molecule is CCCCCCCCCCCCCCCCCCC/C=C/C(O)C(CO)NC(=O)CCCCCCCCCCCC/C=C\C=C/CCCCCOC(=O)CCCCCCCCCCCCCCCC. The monoisotopic (exact) mass is 970 g/mol. The van der Waals surface area contributed by atoms with Gasteiger partial charge in [0.15, 0.2) is 0 Å². The summed E-state index contributed by atoms with van der Waals surface area (Å²) in [7, 11) is 0. The largest absolute Gasteiger partial charge is 0.466 e. The topological polar surface area (TPSA) is 95.9 Å². The Balaban J connectivity index is 3.50. The minimum atomic E-state index is -0.852. The van der Waals surface area contributed by atoms with E-state index in [0.29, 0.717) is 19.4 Å². The number of rotatable bonds is 57. The van der Waals surface area contributed by atoms with Gasteiger partial charge in [0.25, 0.3) is 0 Å². The molecule has 0 aromatic heterocycles. The molecule has 69 heavy (non-hydrogen) atoms. The Bertz CT molecular complexity index is 1120. The molecule has 0 spiro atoms. The Morgan fingerprint density at radius 3 is 1.07 bits per heavy atom. The molecule has 2 atom stereocenters. The molecular formula is C63H119NO5. The fourth-order valence-electron chi connectivity index (χ4n) is 9.45. The second-order valence-corrected chi connectivity index (χ2v) is 21.1. The summed E-state index contributed by atoms with van der Waals surface area (Å²) in [5.74, 6) is -0.0874. The molecule has 0 aliphatic heterocycles. The first-order valence-corrected chi connectivity index (χ1v) is 30.8. The van der Waals surface area contributed by atoms with Crippen molar-refractivity contribution in [3.63, 3.8) is 0 Å². The molecule has 0 rings (SSSR count). The van der Waals surface area contributed by atoms with Gasteiger partial charge in [-0.2, -0.15) is 0 Å². The molecule has 3 N–H and O–H groups in total. The second-order valence-electron chi connectivity index (χ2n) is 21.1. The predicted octanol–water partition coefficient (Wildman–Crippen LogP) is 19.2. The van der Waals surface area contributed by atoms with Crippen LogP contribution in [0.4, 0.5) is 0 Å². The quantitative estimate of drug-likeness (QED) is 0.0244. The number of unbranched alkanes of at least 4 members (excludes halogenated alkanes) is 43. The van der Waals surface area contributed by atoms with Gasteiger partial charge in [-0.15, -0.1) is 0 Å². The van der Waals surface area contributed by atoms with Crippen LogP contribution < -0.4 is 5.32 Å². The van der Waals surface area contributed by atoms with Gasteiger partial charge in [-0.3, -0.25) is 9.59 Å². The Labute approximate surface area is 430 Å². The van der Waals surface area contributed by atoms with Crippen molar-refractivity contribution in [1.82, 2.24) is 5.32 Å². The molecule has 0 bridgehead atoms. The zero-order valence-corrected chi connectivity index (χ0v) is 46.3. The van der Waals surface area contributed by atoms with E-state index in [9.17, 15) is 19.8 Å². The molecule has 0 heterocycles. The molecule has 0 aliphatic rings. The van der Waals surface area contributed by atoms with Gasteiger partial charge in [-0.1, -0.05) is 288 Å². The lowest BCUT2D eigenvalue weighted by molar-refractivity contribution is -0.143. The van der Waals surface area contributed by atoms with Crippen molar-refractivity contribution < 1.29 is 24.5 Å². The number of carbonyl (C=O) groups excluding carboxylic acids is 2. The zero-order valence-electron chi connectivity index (χ0n) is 46.3. The molecule has 0 radical (unpaired) electrons. The summed E-state index contributed by atoms with van der Waals surface area (Å²) in [6.45, 7) is 4.88. The number of carbonyl (C=O) groups is 2. The van der Waals surface area contributed by atoms with Crippen molar-refractivity contribution >= 4 is 11.9 Å². The maximum absolute atomic E-state index is 12.5. The average Bonchev–Trinajstić information content (AvgIpc) is 3.35. The third-order valence-corrected chi connectivity index (χ3v) is 14.2. The van der Waals surface area contributed by atoms with Crippen LogP contribution in [-0.4, -0.2) is 47.4 Å². The number of amides is 1. The van der Waals surface area contributed by atoms with E-state index >= 15 is 0 Å². The second kappa shape index (κ2) is 58.6. The minimum Gasteiger partial charge on any atom is -0.466 e. The summed E-state index contributed by atoms with van der Waals surface area (Å²) < 4.78 is 5.46. The Hall–Kier alpha value is -1.92. The van der Waals surface area contributed by atoms with Gasteiger partial charge in [0, 0.05) is 12.8 Å². The van der Waals surface area contributed by atoms with Crippen LogP contribution in [0.3, 0.4) is 0 Å². The molecule has 0 fully saturated rings. The fourth-order valence-corrected chi connectivity index (χ4v) is 9.45. The summed E-state index contributed by atoms with van der Waals surface area (Å²) >= 11 is 0. The summed E-state index contributed by atoms with van der Waals surface area (Å²) in [5.41, 5.74) is 0. The van der Waals surface area contributed by atoms with Crippen molar-refractivity contribution in [1.29, 1.82) is 0 Å². The van der Waals surface area contributed by atoms with Crippen molar-refractivity contribution in [2.24, 2.45) is 0 Å². The van der Waals surface area contributed by atoms with Crippen LogP contribution in [0.5, 0.6) is 0 Å². The number of ether oxygens (including phenoxy) is 1. The van der Waals surface area contributed by atoms with E-state index in [4.69, 9.17) is 4.74 Å². The maximum atomic E-state index is 12.5. The Morgan fingerprint density at radius 1 is 0.406 bits per heavy atom. The van der Waals surface area contributed by atoms with Crippen molar-refractivity contribution in [3.8, 4) is 0 Å². The Morgan fingerprint density at radius 2 is 0.710 bits per heavy atom. The molecule has 0 saturated heterocycles. The molecule has 0 aromatic rings. The van der Waals surface area contributed by atoms with Crippen molar-refractivity contribution in [2.75, 3.05) is 13.2 Å². The summed E-state index contributed by atoms with van der Waals surface area (Å²) in [6, 6.07) is -0.636. The van der Waals surface area contributed by atoms with Gasteiger partial charge < -0.3 is 20.3 Å². The highest BCUT2D eigenvalue weighted by molar-refractivity contribution is 5.76. The third-order valence-electron chi connectivity index (χ3n) is 14.2. The number of nitrogens with one attached hydrogen (secondary N) is 1. The number of aliphatic hydroxyl groups is 2. The molecule has 0 aliphatic carbocycles. The highest BCUT2D eigenvalue weighted by atomic mass is 16.5. The van der Waals surface area contributed by atoms with Crippen LogP contribution >= 0.6 is 0 Å². The Kier molecular flexibility index (Phi) is 57.0. The van der Waals surface area contributed by atoms with Gasteiger partial charge in [-0.05, 0) is 64.2 Å². The van der Waals surface area contributed by atoms with E-state index in [0.717, 1.165) is 77.0 Å². The summed E-state index contributed by atoms with van der Waals surface area (Å²) in [4.78, 5) is 24.5. The summed E-state index contributed by atoms with van der Waals surface area (Å²) in [5, 5.41) is 23.2. The first kappa shape index (κ1) is 67.1. The summed E-state index contributed by atoms with van der Waals surface area (Å²) in [6.07, 6.45) is 73.2. The number of aliphatic hydroxyl groups excluding tert-OH is 2. The number of allylic oxidation sites excluding steroid dienone is 5. The highest BCUT2D eigenvalue weighted by Crippen LogP contribution is 2.17. The van der Waals surface area contributed by atoms with Crippen LogP contribution in [0.15, 0.2) is 36.5 Å². The smallest absolute Gasteiger partial charge is 0.305 e. The standard InChI is InChI=1S/C63H119NO5/c1-3-5-7-9-11-13-15-17-19-20-22-25-28-31-35-39-43-47-51-55-61(66)60(59-65)64-62(67)56-52-48-44-40-36-32-29-26-23-21-24-27-30-34-38-42-46-50-54-58-69-63(68)57-53-49-45-41-37-33-18-16-14-12-10-8-6-4-2/h27,30,34,38,51,55,60-61,65-66H,3-26,28-29,31-33,35-37,39-50,52-54,56-59H2,1-2H3,(H,64,67)/b30-27-,38-34-,55-51+. The molecule has 2 unspecified atom stereocenters. The normalized spacial score (nSPS) is 12.8. The molecule has 0 saturated carbocycles. The van der Waals surface area contributed by atoms with E-state index in [1.807, 2.05) is 6.08 Å². The molecule has 406 valence electrons. The lowest BCUT2D eigenvalue weighted by Gasteiger charge is -2.20. The lowest BCUT2D eigenvalue weighted by Crippen LogP contribution is -2.45. The van der Waals surface area contributed by atoms with Gasteiger partial charge in [0.1, 0.15) is 0 Å². The van der Waals surface area contributed by atoms with E-state index in [1.165, 1.54) is 225 Å². The maximum Gasteiger partial charge on any atom is 0.305 e. The van der Waals surface area contributed by atoms with Crippen LogP contribution in [-0.2, 0) is 14.3 Å². The molecule has 6 nitrogen and oxygen atoms in total. The zero-order chi connectivity index (χ0) is 50.0. The van der Waals surface area contributed by atoms with Crippen LogP contribution in [0, 0.1) is 0 Å². The van der Waals surface area contributed by atoms with Gasteiger partial charge in [-0.25, -0.2) is 0 Å². The first-order chi connectivity index (χ1) is 34.0. The number of hydrogen-bond donors (Lipinski definition) is 3. The van der Waals surface area contributed by atoms with E-state index in [1.54, 1.807) is 6.08 Å².